The number of nitriles is 1. The van der Waals surface area contributed by atoms with Gasteiger partial charge in [0.05, 0.1) is 17.2 Å². The van der Waals surface area contributed by atoms with Gasteiger partial charge < -0.3 is 9.84 Å². The summed E-state index contributed by atoms with van der Waals surface area (Å²) in [5, 5.41) is 18.1. The number of para-hydroxylation sites is 1. The molecule has 0 aromatic heterocycles. The van der Waals surface area contributed by atoms with E-state index in [4.69, 9.17) is 26.7 Å². The minimum atomic E-state index is -0.199. The van der Waals surface area contributed by atoms with Crippen LogP contribution in [-0.2, 0) is 6.61 Å². The average molecular weight is 298 g/mol. The Morgan fingerprint density at radius 3 is 2.71 bits per heavy atom. The predicted molar refractivity (Wildman–Crippen MR) is 80.9 cm³/mol. The summed E-state index contributed by atoms with van der Waals surface area (Å²) in [5.74, 6) is 6.05. The third kappa shape index (κ3) is 4.00. The molecule has 2 aromatic carbocycles. The molecule has 104 valence electrons. The molecule has 0 heterocycles. The number of benzene rings is 2. The molecule has 0 bridgehead atoms. The lowest BCUT2D eigenvalue weighted by molar-refractivity contribution is 0.305. The third-order valence-electron chi connectivity index (χ3n) is 2.75. The standard InChI is InChI=1S/C17H12ClNO2/c18-16-10-13(11-19)7-8-15(16)12-21-17-6-2-1-4-14(17)5-3-9-20/h1-2,4,6-8,10,20H,9,12H2. The number of rotatable bonds is 3. The SMILES string of the molecule is N#Cc1ccc(COc2ccccc2C#CCO)c(Cl)c1. The topological polar surface area (TPSA) is 53.2 Å². The van der Waals surface area contributed by atoms with E-state index in [0.717, 1.165) is 5.56 Å². The van der Waals surface area contributed by atoms with Crippen LogP contribution in [0.2, 0.25) is 5.02 Å². The zero-order valence-electron chi connectivity index (χ0n) is 11.1. The van der Waals surface area contributed by atoms with Gasteiger partial charge in [-0.25, -0.2) is 0 Å². The highest BCUT2D eigenvalue weighted by molar-refractivity contribution is 6.31. The van der Waals surface area contributed by atoms with Gasteiger partial charge >= 0.3 is 0 Å². The number of aliphatic hydroxyl groups excluding tert-OH is 1. The normalized spacial score (nSPS) is 9.38. The van der Waals surface area contributed by atoms with Crippen LogP contribution < -0.4 is 4.74 Å². The second kappa shape index (κ2) is 7.36. The highest BCUT2D eigenvalue weighted by Gasteiger charge is 2.05. The van der Waals surface area contributed by atoms with Crippen molar-refractivity contribution < 1.29 is 9.84 Å². The Hall–Kier alpha value is -2.46. The zero-order valence-corrected chi connectivity index (χ0v) is 11.9. The molecule has 0 aliphatic carbocycles. The largest absolute Gasteiger partial charge is 0.488 e. The van der Waals surface area contributed by atoms with Crippen molar-refractivity contribution in [2.75, 3.05) is 6.61 Å². The van der Waals surface area contributed by atoms with Gasteiger partial charge in [0.15, 0.2) is 0 Å². The Kier molecular flexibility index (Phi) is 5.23. The van der Waals surface area contributed by atoms with Gasteiger partial charge in [-0.1, -0.05) is 41.6 Å². The van der Waals surface area contributed by atoms with E-state index >= 15 is 0 Å². The number of hydrogen-bond donors (Lipinski definition) is 1. The summed E-state index contributed by atoms with van der Waals surface area (Å²) in [7, 11) is 0. The first-order valence-electron chi connectivity index (χ1n) is 6.24. The van der Waals surface area contributed by atoms with E-state index in [0.29, 0.717) is 21.9 Å². The second-order valence-electron chi connectivity index (χ2n) is 4.16. The van der Waals surface area contributed by atoms with Crippen LogP contribution in [0, 0.1) is 23.2 Å². The average Bonchev–Trinajstić information content (AvgIpc) is 2.52. The molecule has 0 fully saturated rings. The van der Waals surface area contributed by atoms with Crippen molar-refractivity contribution in [3.63, 3.8) is 0 Å². The molecule has 1 N–H and O–H groups in total. The summed E-state index contributed by atoms with van der Waals surface area (Å²) in [5.41, 5.74) is 2.01. The monoisotopic (exact) mass is 297 g/mol. The molecule has 0 radical (unpaired) electrons. The Balaban J connectivity index is 2.15. The fraction of sp³-hybridized carbons (Fsp3) is 0.118. The molecule has 2 aromatic rings. The first-order valence-corrected chi connectivity index (χ1v) is 6.62. The maximum atomic E-state index is 8.80. The van der Waals surface area contributed by atoms with E-state index < -0.39 is 0 Å². The molecule has 3 nitrogen and oxygen atoms in total. The van der Waals surface area contributed by atoms with Crippen molar-refractivity contribution in [3.8, 4) is 23.7 Å². The maximum Gasteiger partial charge on any atom is 0.135 e. The lowest BCUT2D eigenvalue weighted by Gasteiger charge is -2.09. The molecular formula is C17H12ClNO2. The van der Waals surface area contributed by atoms with Gasteiger partial charge in [0.25, 0.3) is 0 Å². The van der Waals surface area contributed by atoms with Crippen molar-refractivity contribution in [3.05, 3.63) is 64.2 Å². The lowest BCUT2D eigenvalue weighted by atomic mass is 10.1. The molecule has 0 saturated carbocycles. The second-order valence-corrected chi connectivity index (χ2v) is 4.57. The summed E-state index contributed by atoms with van der Waals surface area (Å²) < 4.78 is 5.72. The van der Waals surface area contributed by atoms with E-state index in [1.165, 1.54) is 0 Å². The molecule has 0 aliphatic rings. The van der Waals surface area contributed by atoms with E-state index in [2.05, 4.69) is 11.8 Å². The first-order chi connectivity index (χ1) is 10.2. The van der Waals surface area contributed by atoms with Gasteiger partial charge in [0.1, 0.15) is 19.0 Å². The van der Waals surface area contributed by atoms with E-state index in [1.54, 1.807) is 24.3 Å². The molecule has 2 rings (SSSR count). The lowest BCUT2D eigenvalue weighted by Crippen LogP contribution is -1.98. The minimum Gasteiger partial charge on any atom is -0.488 e. The van der Waals surface area contributed by atoms with Crippen molar-refractivity contribution in [2.45, 2.75) is 6.61 Å². The summed E-state index contributed by atoms with van der Waals surface area (Å²) in [4.78, 5) is 0. The van der Waals surface area contributed by atoms with Crippen LogP contribution in [0.25, 0.3) is 0 Å². The molecule has 0 amide bonds. The van der Waals surface area contributed by atoms with Gasteiger partial charge in [-0.2, -0.15) is 5.26 Å². The molecule has 0 atom stereocenters. The van der Waals surface area contributed by atoms with Crippen LogP contribution >= 0.6 is 11.6 Å². The number of aliphatic hydroxyl groups is 1. The molecule has 0 saturated heterocycles. The first kappa shape index (κ1) is 14.9. The quantitative estimate of drug-likeness (QED) is 0.886. The summed E-state index contributed by atoms with van der Waals surface area (Å²) in [6.07, 6.45) is 0. The van der Waals surface area contributed by atoms with Crippen molar-refractivity contribution >= 4 is 11.6 Å². The molecule has 0 unspecified atom stereocenters. The van der Waals surface area contributed by atoms with Gasteiger partial charge in [0.2, 0.25) is 0 Å². The Bertz CT molecular complexity index is 738. The van der Waals surface area contributed by atoms with E-state index in [-0.39, 0.29) is 13.2 Å². The highest BCUT2D eigenvalue weighted by atomic mass is 35.5. The van der Waals surface area contributed by atoms with Crippen LogP contribution in [0.3, 0.4) is 0 Å². The Morgan fingerprint density at radius 2 is 2.00 bits per heavy atom. The van der Waals surface area contributed by atoms with Crippen LogP contribution in [0.4, 0.5) is 0 Å². The molecule has 4 heteroatoms. The minimum absolute atomic E-state index is 0.199. The van der Waals surface area contributed by atoms with Gasteiger partial charge in [0, 0.05) is 10.6 Å². The fourth-order valence-electron chi connectivity index (χ4n) is 1.72. The summed E-state index contributed by atoms with van der Waals surface area (Å²) in [6, 6.07) is 14.4. The van der Waals surface area contributed by atoms with Crippen LogP contribution in [0.15, 0.2) is 42.5 Å². The zero-order chi connectivity index (χ0) is 15.1. The third-order valence-corrected chi connectivity index (χ3v) is 3.11. The smallest absolute Gasteiger partial charge is 0.135 e. The van der Waals surface area contributed by atoms with Gasteiger partial charge in [-0.3, -0.25) is 0 Å². The Labute approximate surface area is 128 Å². The van der Waals surface area contributed by atoms with Gasteiger partial charge in [-0.05, 0) is 24.3 Å². The van der Waals surface area contributed by atoms with Crippen LogP contribution in [0.5, 0.6) is 5.75 Å². The molecule has 0 spiro atoms. The summed E-state index contributed by atoms with van der Waals surface area (Å²) in [6.45, 7) is 0.0815. The van der Waals surface area contributed by atoms with E-state index in [1.807, 2.05) is 24.3 Å². The predicted octanol–water partition coefficient (Wildman–Crippen LogP) is 3.13. The molecular weight excluding hydrogens is 286 g/mol. The van der Waals surface area contributed by atoms with Crippen molar-refractivity contribution in [1.29, 1.82) is 5.26 Å². The number of nitrogens with zero attached hydrogens (tertiary/aromatic N) is 1. The number of halogens is 1. The number of ether oxygens (including phenoxy) is 1. The van der Waals surface area contributed by atoms with Crippen LogP contribution in [-0.4, -0.2) is 11.7 Å². The fourth-order valence-corrected chi connectivity index (χ4v) is 1.96. The van der Waals surface area contributed by atoms with Gasteiger partial charge in [-0.15, -0.1) is 0 Å². The maximum absolute atomic E-state index is 8.80. The molecule has 0 aliphatic heterocycles. The highest BCUT2D eigenvalue weighted by Crippen LogP contribution is 2.22. The van der Waals surface area contributed by atoms with E-state index in [9.17, 15) is 0 Å². The summed E-state index contributed by atoms with van der Waals surface area (Å²) >= 11 is 6.11. The Morgan fingerprint density at radius 1 is 1.19 bits per heavy atom. The van der Waals surface area contributed by atoms with Crippen molar-refractivity contribution in [2.24, 2.45) is 0 Å². The van der Waals surface area contributed by atoms with Crippen LogP contribution in [0.1, 0.15) is 16.7 Å². The molecule has 21 heavy (non-hydrogen) atoms. The number of hydrogen-bond acceptors (Lipinski definition) is 3. The van der Waals surface area contributed by atoms with Crippen molar-refractivity contribution in [1.82, 2.24) is 0 Å².